The number of carbonyl (C=O) groups is 1. The summed E-state index contributed by atoms with van der Waals surface area (Å²) in [5.41, 5.74) is 3.22. The Morgan fingerprint density at radius 1 is 1.14 bits per heavy atom. The molecule has 0 heterocycles. The lowest BCUT2D eigenvalue weighted by atomic mass is 10.1. The molecule has 2 aromatic carbocycles. The van der Waals surface area contributed by atoms with Crippen LogP contribution < -0.4 is 5.32 Å². The van der Waals surface area contributed by atoms with Gasteiger partial charge in [0.2, 0.25) is 0 Å². The van der Waals surface area contributed by atoms with E-state index in [1.165, 1.54) is 5.56 Å². The lowest BCUT2D eigenvalue weighted by Crippen LogP contribution is -2.15. The van der Waals surface area contributed by atoms with Gasteiger partial charge in [-0.15, -0.1) is 0 Å². The van der Waals surface area contributed by atoms with E-state index in [2.05, 4.69) is 5.32 Å². The Morgan fingerprint density at radius 2 is 1.81 bits per heavy atom. The normalized spacial score (nSPS) is 10.0. The largest absolute Gasteiger partial charge is 0.462 e. The van der Waals surface area contributed by atoms with Gasteiger partial charge < -0.3 is 10.1 Å². The van der Waals surface area contributed by atoms with Crippen LogP contribution >= 0.6 is 12.2 Å². The molecule has 21 heavy (non-hydrogen) atoms. The number of anilines is 1. The standard InChI is InChI=1S/C17H17NO2S/c1-3-20-17(19)14-6-4-5-7-15(14)18-16(21)13-10-8-12(2)9-11-13/h4-11H,3H2,1-2H3,(H,18,21). The zero-order valence-corrected chi connectivity index (χ0v) is 12.9. The van der Waals surface area contributed by atoms with Gasteiger partial charge in [-0.3, -0.25) is 0 Å². The van der Waals surface area contributed by atoms with Crippen molar-refractivity contribution in [1.29, 1.82) is 0 Å². The van der Waals surface area contributed by atoms with Crippen LogP contribution in [-0.2, 0) is 4.74 Å². The summed E-state index contributed by atoms with van der Waals surface area (Å²) in [6.45, 7) is 4.15. The van der Waals surface area contributed by atoms with E-state index in [1.54, 1.807) is 19.1 Å². The predicted octanol–water partition coefficient (Wildman–Crippen LogP) is 3.96. The monoisotopic (exact) mass is 299 g/mol. The summed E-state index contributed by atoms with van der Waals surface area (Å²) in [6.07, 6.45) is 0. The molecule has 0 aromatic heterocycles. The third-order valence-electron chi connectivity index (χ3n) is 2.98. The van der Waals surface area contributed by atoms with E-state index in [4.69, 9.17) is 17.0 Å². The van der Waals surface area contributed by atoms with Gasteiger partial charge in [0.1, 0.15) is 4.99 Å². The molecular formula is C17H17NO2S. The number of hydrogen-bond donors (Lipinski definition) is 1. The smallest absolute Gasteiger partial charge is 0.340 e. The van der Waals surface area contributed by atoms with Gasteiger partial charge in [-0.05, 0) is 26.0 Å². The first-order valence-corrected chi connectivity index (χ1v) is 7.17. The molecule has 0 spiro atoms. The zero-order chi connectivity index (χ0) is 15.2. The van der Waals surface area contributed by atoms with Crippen LogP contribution in [-0.4, -0.2) is 17.6 Å². The number of nitrogens with one attached hydrogen (secondary N) is 1. The minimum atomic E-state index is -0.354. The Balaban J connectivity index is 2.21. The number of carbonyl (C=O) groups excluding carboxylic acids is 1. The van der Waals surface area contributed by atoms with Gasteiger partial charge in [0, 0.05) is 5.56 Å². The molecule has 2 aromatic rings. The van der Waals surface area contributed by atoms with Crippen molar-refractivity contribution in [3.63, 3.8) is 0 Å². The minimum absolute atomic E-state index is 0.343. The molecule has 108 valence electrons. The van der Waals surface area contributed by atoms with Crippen LogP contribution in [0.5, 0.6) is 0 Å². The number of benzene rings is 2. The summed E-state index contributed by atoms with van der Waals surface area (Å²) in [7, 11) is 0. The molecule has 1 N–H and O–H groups in total. The van der Waals surface area contributed by atoms with E-state index < -0.39 is 0 Å². The molecule has 0 radical (unpaired) electrons. The van der Waals surface area contributed by atoms with E-state index in [0.29, 0.717) is 22.8 Å². The number of rotatable bonds is 4. The Morgan fingerprint density at radius 3 is 2.48 bits per heavy atom. The van der Waals surface area contributed by atoms with Gasteiger partial charge in [-0.2, -0.15) is 0 Å². The molecule has 0 fully saturated rings. The van der Waals surface area contributed by atoms with Crippen molar-refractivity contribution in [2.24, 2.45) is 0 Å². The fourth-order valence-corrected chi connectivity index (χ4v) is 2.12. The predicted molar refractivity (Wildman–Crippen MR) is 88.9 cm³/mol. The fourth-order valence-electron chi connectivity index (χ4n) is 1.88. The average Bonchev–Trinajstić information content (AvgIpc) is 2.48. The van der Waals surface area contributed by atoms with Crippen LogP contribution in [0.4, 0.5) is 5.69 Å². The van der Waals surface area contributed by atoms with E-state index >= 15 is 0 Å². The lowest BCUT2D eigenvalue weighted by molar-refractivity contribution is 0.0527. The van der Waals surface area contributed by atoms with Crippen molar-refractivity contribution in [2.75, 3.05) is 11.9 Å². The van der Waals surface area contributed by atoms with Gasteiger partial charge in [0.15, 0.2) is 0 Å². The van der Waals surface area contributed by atoms with Crippen LogP contribution in [0.25, 0.3) is 0 Å². The van der Waals surface area contributed by atoms with Crippen molar-refractivity contribution < 1.29 is 9.53 Å². The summed E-state index contributed by atoms with van der Waals surface area (Å²) in [6, 6.07) is 15.1. The molecule has 0 aliphatic rings. The minimum Gasteiger partial charge on any atom is -0.462 e. The van der Waals surface area contributed by atoms with Crippen molar-refractivity contribution in [3.05, 3.63) is 65.2 Å². The molecule has 0 aliphatic carbocycles. The van der Waals surface area contributed by atoms with Gasteiger partial charge >= 0.3 is 5.97 Å². The first kappa shape index (κ1) is 15.2. The molecule has 0 atom stereocenters. The second-order valence-corrected chi connectivity index (χ2v) is 4.99. The third-order valence-corrected chi connectivity index (χ3v) is 3.32. The fraction of sp³-hybridized carbons (Fsp3) is 0.176. The Bertz CT molecular complexity index is 650. The van der Waals surface area contributed by atoms with Crippen LogP contribution in [0.2, 0.25) is 0 Å². The van der Waals surface area contributed by atoms with Crippen molar-refractivity contribution in [3.8, 4) is 0 Å². The number of hydrogen-bond acceptors (Lipinski definition) is 3. The summed E-state index contributed by atoms with van der Waals surface area (Å²) >= 11 is 5.39. The molecule has 3 nitrogen and oxygen atoms in total. The molecule has 0 saturated carbocycles. The second kappa shape index (κ2) is 6.99. The van der Waals surface area contributed by atoms with Crippen LogP contribution in [0.1, 0.15) is 28.4 Å². The van der Waals surface area contributed by atoms with E-state index in [1.807, 2.05) is 43.3 Å². The maximum absolute atomic E-state index is 11.9. The first-order chi connectivity index (χ1) is 10.1. The van der Waals surface area contributed by atoms with Crippen molar-refractivity contribution in [2.45, 2.75) is 13.8 Å². The highest BCUT2D eigenvalue weighted by Gasteiger charge is 2.13. The molecule has 0 bridgehead atoms. The average molecular weight is 299 g/mol. The van der Waals surface area contributed by atoms with E-state index in [9.17, 15) is 4.79 Å². The second-order valence-electron chi connectivity index (χ2n) is 4.59. The molecule has 0 unspecified atom stereocenters. The summed E-state index contributed by atoms with van der Waals surface area (Å²) in [5, 5.41) is 3.12. The summed E-state index contributed by atoms with van der Waals surface area (Å²) in [5.74, 6) is -0.354. The number of aryl methyl sites for hydroxylation is 1. The zero-order valence-electron chi connectivity index (χ0n) is 12.1. The molecule has 4 heteroatoms. The quantitative estimate of drug-likeness (QED) is 0.685. The maximum Gasteiger partial charge on any atom is 0.340 e. The van der Waals surface area contributed by atoms with Gasteiger partial charge in [-0.1, -0.05) is 54.2 Å². The first-order valence-electron chi connectivity index (χ1n) is 6.76. The molecule has 0 saturated heterocycles. The number of thiocarbonyl (C=S) groups is 1. The van der Waals surface area contributed by atoms with Crippen LogP contribution in [0.3, 0.4) is 0 Å². The summed E-state index contributed by atoms with van der Waals surface area (Å²) in [4.78, 5) is 12.5. The van der Waals surface area contributed by atoms with Crippen LogP contribution in [0, 0.1) is 6.92 Å². The highest BCUT2D eigenvalue weighted by molar-refractivity contribution is 7.81. The van der Waals surface area contributed by atoms with Gasteiger partial charge in [0.25, 0.3) is 0 Å². The van der Waals surface area contributed by atoms with Gasteiger partial charge in [-0.25, -0.2) is 4.79 Å². The van der Waals surface area contributed by atoms with Crippen LogP contribution in [0.15, 0.2) is 48.5 Å². The Hall–Kier alpha value is -2.20. The number of ether oxygens (including phenoxy) is 1. The number of esters is 1. The lowest BCUT2D eigenvalue weighted by Gasteiger charge is -2.12. The summed E-state index contributed by atoms with van der Waals surface area (Å²) < 4.78 is 5.05. The van der Waals surface area contributed by atoms with E-state index in [0.717, 1.165) is 5.56 Å². The van der Waals surface area contributed by atoms with Gasteiger partial charge in [0.05, 0.1) is 17.9 Å². The molecular weight excluding hydrogens is 282 g/mol. The molecule has 2 rings (SSSR count). The van der Waals surface area contributed by atoms with Crippen molar-refractivity contribution in [1.82, 2.24) is 0 Å². The highest BCUT2D eigenvalue weighted by Crippen LogP contribution is 2.18. The van der Waals surface area contributed by atoms with Crippen molar-refractivity contribution >= 4 is 28.9 Å². The Kier molecular flexibility index (Phi) is 5.06. The SMILES string of the molecule is CCOC(=O)c1ccccc1NC(=S)c1ccc(C)cc1. The maximum atomic E-state index is 11.9. The number of para-hydroxylation sites is 1. The highest BCUT2D eigenvalue weighted by atomic mass is 32.1. The Labute approximate surface area is 129 Å². The molecule has 0 aliphatic heterocycles. The third kappa shape index (κ3) is 3.89. The molecule has 0 amide bonds. The van der Waals surface area contributed by atoms with E-state index in [-0.39, 0.29) is 5.97 Å². The topological polar surface area (TPSA) is 38.3 Å².